The van der Waals surface area contributed by atoms with Crippen molar-refractivity contribution >= 4 is 34.2 Å². The molecule has 0 aliphatic carbocycles. The molecule has 0 spiro atoms. The van der Waals surface area contributed by atoms with Gasteiger partial charge in [0.25, 0.3) is 11.8 Å². The monoisotopic (exact) mass is 378 g/mol. The number of hydrogen-bond donors (Lipinski definition) is 2. The molecule has 0 radical (unpaired) electrons. The summed E-state index contributed by atoms with van der Waals surface area (Å²) in [5, 5.41) is 5.83. The Morgan fingerprint density at radius 2 is 1.96 bits per heavy atom. The molecule has 1 atom stereocenters. The van der Waals surface area contributed by atoms with Crippen molar-refractivity contribution in [2.24, 2.45) is 0 Å². The quantitative estimate of drug-likeness (QED) is 0.729. The zero-order valence-corrected chi connectivity index (χ0v) is 15.4. The van der Waals surface area contributed by atoms with Gasteiger partial charge in [0.1, 0.15) is 11.3 Å². The molecule has 4 rings (SSSR count). The largest absolute Gasteiger partial charge is 0.479 e. The summed E-state index contributed by atoms with van der Waals surface area (Å²) in [5.41, 5.74) is 2.00. The number of carbonyl (C=O) groups excluding carboxylic acids is 2. The van der Waals surface area contributed by atoms with E-state index in [1.165, 1.54) is 6.07 Å². The fourth-order valence-corrected chi connectivity index (χ4v) is 3.01. The predicted octanol–water partition coefficient (Wildman–Crippen LogP) is 3.33. The maximum atomic E-state index is 12.6. The van der Waals surface area contributed by atoms with E-state index in [1.54, 1.807) is 37.3 Å². The van der Waals surface area contributed by atoms with Crippen LogP contribution in [0.25, 0.3) is 11.0 Å². The van der Waals surface area contributed by atoms with E-state index in [2.05, 4.69) is 10.6 Å². The summed E-state index contributed by atoms with van der Waals surface area (Å²) in [6.07, 6.45) is 0.225. The van der Waals surface area contributed by atoms with Gasteiger partial charge < -0.3 is 19.8 Å². The van der Waals surface area contributed by atoms with Crippen LogP contribution in [-0.4, -0.2) is 17.9 Å². The van der Waals surface area contributed by atoms with Gasteiger partial charge in [0.2, 0.25) is 0 Å². The second-order valence-corrected chi connectivity index (χ2v) is 6.57. The van der Waals surface area contributed by atoms with Gasteiger partial charge in [0.05, 0.1) is 11.1 Å². The Morgan fingerprint density at radius 3 is 2.75 bits per heavy atom. The molecule has 2 N–H and O–H groups in total. The van der Waals surface area contributed by atoms with Crippen molar-refractivity contribution in [1.82, 2.24) is 0 Å². The second-order valence-electron chi connectivity index (χ2n) is 6.57. The third kappa shape index (κ3) is 3.22. The minimum absolute atomic E-state index is 0.0895. The molecule has 1 unspecified atom stereocenters. The Balaban J connectivity index is 1.61. The molecule has 2 aromatic carbocycles. The van der Waals surface area contributed by atoms with Crippen LogP contribution in [-0.2, 0) is 11.2 Å². The molecule has 28 heavy (non-hydrogen) atoms. The molecule has 2 heterocycles. The number of carbonyl (C=O) groups is 2. The first-order valence-electron chi connectivity index (χ1n) is 8.94. The van der Waals surface area contributed by atoms with Crippen LogP contribution < -0.4 is 20.8 Å². The first-order valence-corrected chi connectivity index (χ1v) is 8.94. The first-order chi connectivity index (χ1) is 13.4. The van der Waals surface area contributed by atoms with Crippen molar-refractivity contribution in [2.75, 3.05) is 10.6 Å². The second kappa shape index (κ2) is 6.84. The lowest BCUT2D eigenvalue weighted by Gasteiger charge is -2.23. The van der Waals surface area contributed by atoms with Crippen LogP contribution in [0.3, 0.4) is 0 Å². The fraction of sp³-hybridized carbons (Fsp3) is 0.190. The van der Waals surface area contributed by atoms with Crippen LogP contribution >= 0.6 is 0 Å². The lowest BCUT2D eigenvalue weighted by Crippen LogP contribution is -2.34. The van der Waals surface area contributed by atoms with E-state index < -0.39 is 12.0 Å². The third-order valence-electron chi connectivity index (χ3n) is 4.59. The molecule has 142 valence electrons. The number of rotatable bonds is 3. The maximum absolute atomic E-state index is 12.6. The van der Waals surface area contributed by atoms with E-state index in [9.17, 15) is 14.4 Å². The van der Waals surface area contributed by atoms with Gasteiger partial charge in [-0.05, 0) is 49.2 Å². The first kappa shape index (κ1) is 17.8. The van der Waals surface area contributed by atoms with Crippen molar-refractivity contribution in [3.05, 3.63) is 64.0 Å². The highest BCUT2D eigenvalue weighted by atomic mass is 16.5. The van der Waals surface area contributed by atoms with Gasteiger partial charge in [-0.25, -0.2) is 0 Å². The van der Waals surface area contributed by atoms with Crippen LogP contribution in [0.5, 0.6) is 5.75 Å². The number of benzene rings is 2. The smallest absolute Gasteiger partial charge is 0.291 e. The minimum atomic E-state index is -0.576. The Labute approximate surface area is 160 Å². The number of hydrogen-bond acceptors (Lipinski definition) is 5. The van der Waals surface area contributed by atoms with Gasteiger partial charge in [-0.1, -0.05) is 13.0 Å². The summed E-state index contributed by atoms with van der Waals surface area (Å²) >= 11 is 0. The van der Waals surface area contributed by atoms with E-state index >= 15 is 0 Å². The van der Waals surface area contributed by atoms with Crippen LogP contribution in [0.1, 0.15) is 30.0 Å². The predicted molar refractivity (Wildman–Crippen MR) is 105 cm³/mol. The van der Waals surface area contributed by atoms with Gasteiger partial charge in [0, 0.05) is 11.8 Å². The maximum Gasteiger partial charge on any atom is 0.291 e. The van der Waals surface area contributed by atoms with Gasteiger partial charge in [0.15, 0.2) is 17.3 Å². The molecule has 0 saturated heterocycles. The van der Waals surface area contributed by atoms with Crippen LogP contribution in [0.4, 0.5) is 11.4 Å². The Bertz CT molecular complexity index is 1170. The Kier molecular flexibility index (Phi) is 4.35. The van der Waals surface area contributed by atoms with Crippen LogP contribution in [0, 0.1) is 0 Å². The van der Waals surface area contributed by atoms with E-state index in [1.807, 2.05) is 13.0 Å². The lowest BCUT2D eigenvalue weighted by molar-refractivity contribution is -0.122. The van der Waals surface area contributed by atoms with E-state index in [-0.39, 0.29) is 17.1 Å². The number of aryl methyl sites for hydroxylation is 1. The summed E-state index contributed by atoms with van der Waals surface area (Å²) in [4.78, 5) is 36.7. The topological polar surface area (TPSA) is 97.6 Å². The van der Waals surface area contributed by atoms with Crippen molar-refractivity contribution in [2.45, 2.75) is 26.4 Å². The van der Waals surface area contributed by atoms with Crippen LogP contribution in [0.2, 0.25) is 0 Å². The molecule has 7 heteroatoms. The standard InChI is InChI=1S/C21H18N2O5/c1-3-12-4-6-17-14(8-12)16(24)10-19(28-17)21(26)22-13-5-7-18-15(9-13)23-20(25)11(2)27-18/h4-11H,3H2,1-2H3,(H,22,26)(H,23,25). The average Bonchev–Trinajstić information content (AvgIpc) is 2.68. The number of ether oxygens (including phenoxy) is 1. The lowest BCUT2D eigenvalue weighted by atomic mass is 10.1. The molecule has 0 fully saturated rings. The molecule has 1 aliphatic rings. The Morgan fingerprint density at radius 1 is 1.14 bits per heavy atom. The molecule has 1 aromatic heterocycles. The summed E-state index contributed by atoms with van der Waals surface area (Å²) < 4.78 is 11.1. The van der Waals surface area contributed by atoms with E-state index in [0.29, 0.717) is 28.1 Å². The number of nitrogens with one attached hydrogen (secondary N) is 2. The Hall–Kier alpha value is -3.61. The minimum Gasteiger partial charge on any atom is -0.479 e. The van der Waals surface area contributed by atoms with Crippen LogP contribution in [0.15, 0.2) is 51.7 Å². The van der Waals surface area contributed by atoms with Crippen molar-refractivity contribution in [3.8, 4) is 5.75 Å². The summed E-state index contributed by atoms with van der Waals surface area (Å²) in [5.74, 6) is -0.389. The molecule has 2 amide bonds. The normalized spacial score (nSPS) is 15.5. The molecule has 0 bridgehead atoms. The number of amides is 2. The third-order valence-corrected chi connectivity index (χ3v) is 4.59. The SMILES string of the molecule is CCc1ccc2oc(C(=O)Nc3ccc4c(c3)NC(=O)C(C)O4)cc(=O)c2c1. The fourth-order valence-electron chi connectivity index (χ4n) is 3.01. The summed E-state index contributed by atoms with van der Waals surface area (Å²) in [6.45, 7) is 3.65. The van der Waals surface area contributed by atoms with Crippen molar-refractivity contribution in [3.63, 3.8) is 0 Å². The van der Waals surface area contributed by atoms with Gasteiger partial charge in [-0.15, -0.1) is 0 Å². The van der Waals surface area contributed by atoms with E-state index in [4.69, 9.17) is 9.15 Å². The zero-order chi connectivity index (χ0) is 19.8. The highest BCUT2D eigenvalue weighted by Crippen LogP contribution is 2.32. The van der Waals surface area contributed by atoms with Gasteiger partial charge in [-0.3, -0.25) is 14.4 Å². The van der Waals surface area contributed by atoms with Gasteiger partial charge >= 0.3 is 0 Å². The highest BCUT2D eigenvalue weighted by Gasteiger charge is 2.24. The molecular weight excluding hydrogens is 360 g/mol. The number of fused-ring (bicyclic) bond motifs is 2. The average molecular weight is 378 g/mol. The highest BCUT2D eigenvalue weighted by molar-refractivity contribution is 6.04. The summed E-state index contributed by atoms with van der Waals surface area (Å²) in [6, 6.07) is 11.4. The molecule has 0 saturated carbocycles. The molecule has 7 nitrogen and oxygen atoms in total. The number of anilines is 2. The van der Waals surface area contributed by atoms with Crippen molar-refractivity contribution < 1.29 is 18.7 Å². The molecule has 3 aromatic rings. The summed E-state index contributed by atoms with van der Waals surface area (Å²) in [7, 11) is 0. The molecule has 1 aliphatic heterocycles. The molecular formula is C21H18N2O5. The van der Waals surface area contributed by atoms with Gasteiger partial charge in [-0.2, -0.15) is 0 Å². The zero-order valence-electron chi connectivity index (χ0n) is 15.4. The van der Waals surface area contributed by atoms with E-state index in [0.717, 1.165) is 12.0 Å². The van der Waals surface area contributed by atoms with Crippen molar-refractivity contribution in [1.29, 1.82) is 0 Å².